The zero-order chi connectivity index (χ0) is 16.3. The predicted molar refractivity (Wildman–Crippen MR) is 89.4 cm³/mol. The molecule has 1 saturated carbocycles. The minimum atomic E-state index is -3.31. The van der Waals surface area contributed by atoms with Crippen LogP contribution in [0.15, 0.2) is 0 Å². The molecule has 1 atom stereocenters. The van der Waals surface area contributed by atoms with Crippen LogP contribution in [0, 0.1) is 17.3 Å². The van der Waals surface area contributed by atoms with E-state index >= 15 is 0 Å². The Morgan fingerprint density at radius 1 is 1.14 bits per heavy atom. The minimum Gasteiger partial charge on any atom is -0.417 e. The van der Waals surface area contributed by atoms with Crippen molar-refractivity contribution >= 4 is 19.2 Å². The average molecular weight is 337 g/mol. The predicted octanol–water partition coefficient (Wildman–Crippen LogP) is 3.18. The quantitative estimate of drug-likeness (QED) is 0.552. The van der Waals surface area contributed by atoms with Gasteiger partial charge in [0.05, 0.1) is 19.0 Å². The minimum absolute atomic E-state index is 0.165. The molecule has 1 rings (SSSR count). The Kier molecular flexibility index (Phi) is 6.90. The molecule has 1 aliphatic carbocycles. The van der Waals surface area contributed by atoms with Crippen molar-refractivity contribution in [1.29, 1.82) is 0 Å². The molecule has 1 unspecified atom stereocenters. The highest BCUT2D eigenvalue weighted by atomic mass is 32.2. The Labute approximate surface area is 132 Å². The van der Waals surface area contributed by atoms with Gasteiger partial charge < -0.3 is 4.43 Å². The van der Waals surface area contributed by atoms with Gasteiger partial charge in [-0.1, -0.05) is 20.8 Å². The second kappa shape index (κ2) is 7.57. The zero-order valence-corrected chi connectivity index (χ0v) is 16.4. The van der Waals surface area contributed by atoms with Crippen molar-refractivity contribution in [2.24, 2.45) is 17.3 Å². The lowest BCUT2D eigenvalue weighted by atomic mass is 9.72. The van der Waals surface area contributed by atoms with Gasteiger partial charge >= 0.3 is 0 Å². The molecule has 0 N–H and O–H groups in total. The zero-order valence-electron chi connectivity index (χ0n) is 14.4. The first-order valence-electron chi connectivity index (χ1n) is 7.99. The van der Waals surface area contributed by atoms with Crippen molar-refractivity contribution in [3.63, 3.8) is 0 Å². The van der Waals surface area contributed by atoms with Gasteiger partial charge in [0, 0.05) is 0 Å². The Hall–Kier alpha value is 0.0869. The van der Waals surface area contributed by atoms with E-state index in [9.17, 15) is 8.42 Å². The van der Waals surface area contributed by atoms with Gasteiger partial charge in [-0.05, 0) is 56.0 Å². The van der Waals surface area contributed by atoms with Crippen molar-refractivity contribution < 1.29 is 17.0 Å². The molecule has 126 valence electrons. The van der Waals surface area contributed by atoms with Crippen molar-refractivity contribution in [2.75, 3.05) is 12.9 Å². The number of hydrogen-bond acceptors (Lipinski definition) is 4. The largest absolute Gasteiger partial charge is 0.417 e. The van der Waals surface area contributed by atoms with Crippen LogP contribution in [0.5, 0.6) is 0 Å². The topological polar surface area (TPSA) is 52.6 Å². The first kappa shape index (κ1) is 19.1. The second-order valence-corrected chi connectivity index (χ2v) is 11.8. The molecular formula is C15H32O4SSi. The molecule has 21 heavy (non-hydrogen) atoms. The van der Waals surface area contributed by atoms with E-state index in [2.05, 4.69) is 33.9 Å². The highest BCUT2D eigenvalue weighted by Gasteiger charge is 2.36. The van der Waals surface area contributed by atoms with E-state index in [1.807, 2.05) is 0 Å². The number of rotatable bonds is 6. The van der Waals surface area contributed by atoms with Gasteiger partial charge in [0.15, 0.2) is 9.04 Å². The molecule has 0 aromatic heterocycles. The standard InChI is InChI=1S/C15H32O4SSi/c1-15(2,3)14(19-21(5)6)13-9-7-12(8-10-13)11-18-20(4,16)17/h12-14,21H,7-11H2,1-6H3. The van der Waals surface area contributed by atoms with Crippen LogP contribution in [0.3, 0.4) is 0 Å². The van der Waals surface area contributed by atoms with Crippen LogP contribution in [0.2, 0.25) is 13.1 Å². The van der Waals surface area contributed by atoms with Crippen molar-refractivity contribution in [3.05, 3.63) is 0 Å². The summed E-state index contributed by atoms with van der Waals surface area (Å²) in [5.74, 6) is 0.960. The van der Waals surface area contributed by atoms with Crippen LogP contribution in [0.25, 0.3) is 0 Å². The first-order valence-corrected chi connectivity index (χ1v) is 12.6. The fourth-order valence-electron chi connectivity index (χ4n) is 3.19. The summed E-state index contributed by atoms with van der Waals surface area (Å²) in [4.78, 5) is 0. The maximum atomic E-state index is 11.1. The molecule has 1 aliphatic rings. The molecule has 1 fully saturated rings. The second-order valence-electron chi connectivity index (χ2n) is 7.74. The van der Waals surface area contributed by atoms with E-state index in [0.29, 0.717) is 24.5 Å². The van der Waals surface area contributed by atoms with Gasteiger partial charge in [-0.15, -0.1) is 0 Å². The lowest BCUT2D eigenvalue weighted by molar-refractivity contribution is 0.00815. The monoisotopic (exact) mass is 336 g/mol. The van der Waals surface area contributed by atoms with Gasteiger partial charge in [0.25, 0.3) is 10.1 Å². The summed E-state index contributed by atoms with van der Waals surface area (Å²) in [7, 11) is -4.37. The lowest BCUT2D eigenvalue weighted by Crippen LogP contribution is -2.41. The van der Waals surface area contributed by atoms with Gasteiger partial charge in [-0.2, -0.15) is 8.42 Å². The van der Waals surface area contributed by atoms with Crippen LogP contribution >= 0.6 is 0 Å². The van der Waals surface area contributed by atoms with E-state index < -0.39 is 19.2 Å². The molecule has 4 nitrogen and oxygen atoms in total. The van der Waals surface area contributed by atoms with E-state index in [4.69, 9.17) is 8.61 Å². The van der Waals surface area contributed by atoms with Crippen molar-refractivity contribution in [3.8, 4) is 0 Å². The van der Waals surface area contributed by atoms with Gasteiger partial charge in [-0.3, -0.25) is 4.18 Å². The molecule has 0 saturated heterocycles. The summed E-state index contributed by atoms with van der Waals surface area (Å²) in [5.41, 5.74) is 0.165. The summed E-state index contributed by atoms with van der Waals surface area (Å²) in [6.45, 7) is 11.6. The van der Waals surface area contributed by atoms with Crippen LogP contribution in [0.1, 0.15) is 46.5 Å². The third-order valence-electron chi connectivity index (χ3n) is 4.11. The van der Waals surface area contributed by atoms with Crippen LogP contribution in [-0.4, -0.2) is 36.4 Å². The molecule has 0 bridgehead atoms. The first-order chi connectivity index (χ1) is 9.49. The highest BCUT2D eigenvalue weighted by Crippen LogP contribution is 2.39. The smallest absolute Gasteiger partial charge is 0.264 e. The SMILES string of the molecule is C[SiH](C)OC(C1CCC(COS(C)(=O)=O)CC1)C(C)(C)C. The summed E-state index contributed by atoms with van der Waals surface area (Å²) < 4.78 is 33.4. The summed E-state index contributed by atoms with van der Waals surface area (Å²) in [6.07, 6.45) is 5.74. The van der Waals surface area contributed by atoms with Crippen molar-refractivity contribution in [1.82, 2.24) is 0 Å². The molecular weight excluding hydrogens is 304 g/mol. The summed E-state index contributed by atoms with van der Waals surface area (Å²) in [5, 5.41) is 0. The Bertz CT molecular complexity index is 406. The molecule has 0 aliphatic heterocycles. The lowest BCUT2D eigenvalue weighted by Gasteiger charge is -2.41. The Morgan fingerprint density at radius 2 is 1.67 bits per heavy atom. The van der Waals surface area contributed by atoms with E-state index in [1.54, 1.807) is 0 Å². The third kappa shape index (κ3) is 7.26. The van der Waals surface area contributed by atoms with Gasteiger partial charge in [0.2, 0.25) is 0 Å². The third-order valence-corrected chi connectivity index (χ3v) is 5.51. The summed E-state index contributed by atoms with van der Waals surface area (Å²) in [6, 6.07) is 0. The van der Waals surface area contributed by atoms with E-state index in [0.717, 1.165) is 31.9 Å². The van der Waals surface area contributed by atoms with E-state index in [-0.39, 0.29) is 5.41 Å². The average Bonchev–Trinajstić information content (AvgIpc) is 2.32. The van der Waals surface area contributed by atoms with Crippen LogP contribution < -0.4 is 0 Å². The van der Waals surface area contributed by atoms with Crippen LogP contribution in [-0.2, 0) is 18.7 Å². The Balaban J connectivity index is 2.53. The van der Waals surface area contributed by atoms with Crippen LogP contribution in [0.4, 0.5) is 0 Å². The van der Waals surface area contributed by atoms with Gasteiger partial charge in [-0.25, -0.2) is 0 Å². The highest BCUT2D eigenvalue weighted by molar-refractivity contribution is 7.85. The molecule has 6 heteroatoms. The fraction of sp³-hybridized carbons (Fsp3) is 1.00. The molecule has 0 heterocycles. The van der Waals surface area contributed by atoms with E-state index in [1.165, 1.54) is 0 Å². The Morgan fingerprint density at radius 3 is 2.05 bits per heavy atom. The fourth-order valence-corrected chi connectivity index (χ4v) is 4.85. The number of hydrogen-bond donors (Lipinski definition) is 0. The maximum absolute atomic E-state index is 11.1. The van der Waals surface area contributed by atoms with Crippen molar-refractivity contribution in [2.45, 2.75) is 65.7 Å². The molecule has 0 spiro atoms. The molecule has 0 radical (unpaired) electrons. The normalized spacial score (nSPS) is 26.0. The molecule has 0 amide bonds. The molecule has 0 aromatic carbocycles. The maximum Gasteiger partial charge on any atom is 0.264 e. The molecule has 0 aromatic rings. The summed E-state index contributed by atoms with van der Waals surface area (Å²) >= 11 is 0. The van der Waals surface area contributed by atoms with Gasteiger partial charge in [0.1, 0.15) is 0 Å².